The average Bonchev–Trinajstić information content (AvgIpc) is 2.75. The van der Waals surface area contributed by atoms with Crippen LogP contribution in [-0.2, 0) is 0 Å². The number of aliphatic imine (C=N–C) groups is 1. The Kier molecular flexibility index (Phi) is 6.81. The molecule has 0 aliphatic rings. The Bertz CT molecular complexity index is 961. The van der Waals surface area contributed by atoms with Gasteiger partial charge in [-0.05, 0) is 42.5 Å². The van der Waals surface area contributed by atoms with Crippen molar-refractivity contribution in [3.05, 3.63) is 89.5 Å². The van der Waals surface area contributed by atoms with Crippen LogP contribution in [0.1, 0.15) is 15.9 Å². The number of halogens is 1. The maximum absolute atomic E-state index is 12.2. The molecule has 8 heteroatoms. The van der Waals surface area contributed by atoms with Gasteiger partial charge in [0, 0.05) is 47.2 Å². The molecule has 1 aromatic carbocycles. The highest BCUT2D eigenvalue weighted by Gasteiger charge is 2.05. The SMILES string of the molecule is O=C(N/N=C(/COc1ccc(Cl)cc1)N=Cc1cccnc1)c1ccncc1. The number of nitrogens with one attached hydrogen (secondary N) is 1. The molecule has 1 N–H and O–H groups in total. The van der Waals surface area contributed by atoms with Crippen LogP contribution in [0, 0.1) is 0 Å². The van der Waals surface area contributed by atoms with Crippen molar-refractivity contribution in [2.75, 3.05) is 6.61 Å². The van der Waals surface area contributed by atoms with Crippen molar-refractivity contribution < 1.29 is 9.53 Å². The summed E-state index contributed by atoms with van der Waals surface area (Å²) in [6.07, 6.45) is 7.99. The molecule has 0 unspecified atom stereocenters. The van der Waals surface area contributed by atoms with Gasteiger partial charge >= 0.3 is 0 Å². The van der Waals surface area contributed by atoms with Crippen molar-refractivity contribution in [2.45, 2.75) is 0 Å². The van der Waals surface area contributed by atoms with E-state index >= 15 is 0 Å². The van der Waals surface area contributed by atoms with Gasteiger partial charge in [-0.3, -0.25) is 14.8 Å². The maximum Gasteiger partial charge on any atom is 0.271 e. The van der Waals surface area contributed by atoms with Crippen LogP contribution in [0.4, 0.5) is 0 Å². The molecule has 0 spiro atoms. The monoisotopic (exact) mass is 393 g/mol. The summed E-state index contributed by atoms with van der Waals surface area (Å²) in [7, 11) is 0. The van der Waals surface area contributed by atoms with Crippen LogP contribution in [0.25, 0.3) is 0 Å². The van der Waals surface area contributed by atoms with Crippen molar-refractivity contribution in [1.82, 2.24) is 15.4 Å². The Morgan fingerprint density at radius 3 is 2.57 bits per heavy atom. The summed E-state index contributed by atoms with van der Waals surface area (Å²) >= 11 is 5.87. The molecule has 7 nitrogen and oxygen atoms in total. The van der Waals surface area contributed by atoms with E-state index in [2.05, 4.69) is 25.5 Å². The number of amidine groups is 1. The molecular weight excluding hydrogens is 378 g/mol. The second-order valence-corrected chi connectivity index (χ2v) is 5.93. The summed E-state index contributed by atoms with van der Waals surface area (Å²) in [6.45, 7) is 0.0506. The summed E-state index contributed by atoms with van der Waals surface area (Å²) in [6, 6.07) is 13.7. The van der Waals surface area contributed by atoms with Crippen LogP contribution >= 0.6 is 11.6 Å². The van der Waals surface area contributed by atoms with Crippen molar-refractivity contribution in [3.8, 4) is 5.75 Å². The predicted octanol–water partition coefficient (Wildman–Crippen LogP) is 3.37. The minimum Gasteiger partial charge on any atom is -0.486 e. The number of hydrogen-bond donors (Lipinski definition) is 1. The van der Waals surface area contributed by atoms with E-state index in [1.54, 1.807) is 61.1 Å². The Hall–Kier alpha value is -3.58. The van der Waals surface area contributed by atoms with E-state index in [1.807, 2.05) is 6.07 Å². The third kappa shape index (κ3) is 6.00. The van der Waals surface area contributed by atoms with E-state index in [-0.39, 0.29) is 18.3 Å². The highest BCUT2D eigenvalue weighted by Crippen LogP contribution is 2.15. The molecule has 0 aliphatic carbocycles. The van der Waals surface area contributed by atoms with Crippen LogP contribution < -0.4 is 10.2 Å². The standard InChI is InChI=1S/C20H16ClN5O2/c21-17-3-5-18(6-4-17)28-14-19(24-13-15-2-1-9-23-12-15)25-26-20(27)16-7-10-22-11-8-16/h1-13H,14H2,(H,26,27)/b24-13?,25-19-. The average molecular weight is 394 g/mol. The first-order chi connectivity index (χ1) is 13.7. The van der Waals surface area contributed by atoms with Gasteiger partial charge in [0.1, 0.15) is 12.4 Å². The smallest absolute Gasteiger partial charge is 0.271 e. The molecule has 2 heterocycles. The van der Waals surface area contributed by atoms with E-state index in [4.69, 9.17) is 16.3 Å². The Balaban J connectivity index is 1.72. The topological polar surface area (TPSA) is 88.8 Å². The third-order valence-electron chi connectivity index (χ3n) is 3.46. The van der Waals surface area contributed by atoms with E-state index in [0.29, 0.717) is 16.3 Å². The number of amides is 1. The largest absolute Gasteiger partial charge is 0.486 e. The third-order valence-corrected chi connectivity index (χ3v) is 3.71. The number of benzene rings is 1. The summed E-state index contributed by atoms with van der Waals surface area (Å²) in [5.74, 6) is 0.512. The summed E-state index contributed by atoms with van der Waals surface area (Å²) in [4.78, 5) is 24.4. The number of rotatable bonds is 6. The minimum absolute atomic E-state index is 0.0506. The number of nitrogens with zero attached hydrogens (tertiary/aromatic N) is 4. The Labute approximate surface area is 166 Å². The lowest BCUT2D eigenvalue weighted by Gasteiger charge is -2.07. The zero-order chi connectivity index (χ0) is 19.6. The predicted molar refractivity (Wildman–Crippen MR) is 108 cm³/mol. The highest BCUT2D eigenvalue weighted by atomic mass is 35.5. The van der Waals surface area contributed by atoms with Crippen LogP contribution in [0.2, 0.25) is 5.02 Å². The van der Waals surface area contributed by atoms with Crippen LogP contribution in [0.5, 0.6) is 5.75 Å². The fraction of sp³-hybridized carbons (Fsp3) is 0.0500. The lowest BCUT2D eigenvalue weighted by molar-refractivity contribution is 0.0954. The first-order valence-electron chi connectivity index (χ1n) is 8.30. The Morgan fingerprint density at radius 2 is 1.86 bits per heavy atom. The van der Waals surface area contributed by atoms with E-state index < -0.39 is 0 Å². The van der Waals surface area contributed by atoms with Gasteiger partial charge in [-0.25, -0.2) is 10.4 Å². The molecule has 0 radical (unpaired) electrons. The number of aromatic nitrogens is 2. The number of carbonyl (C=O) groups excluding carboxylic acids is 1. The van der Waals surface area contributed by atoms with Gasteiger partial charge in [0.15, 0.2) is 5.84 Å². The fourth-order valence-electron chi connectivity index (χ4n) is 2.06. The summed E-state index contributed by atoms with van der Waals surface area (Å²) in [5.41, 5.74) is 3.70. The molecule has 1 amide bonds. The molecule has 140 valence electrons. The van der Waals surface area contributed by atoms with Crippen molar-refractivity contribution in [1.29, 1.82) is 0 Å². The molecule has 0 saturated carbocycles. The highest BCUT2D eigenvalue weighted by molar-refractivity contribution is 6.30. The molecule has 0 fully saturated rings. The van der Waals surface area contributed by atoms with E-state index in [9.17, 15) is 4.79 Å². The number of carbonyl (C=O) groups is 1. The molecule has 0 atom stereocenters. The van der Waals surface area contributed by atoms with Crippen molar-refractivity contribution in [3.63, 3.8) is 0 Å². The second kappa shape index (κ2) is 9.94. The molecule has 0 aliphatic heterocycles. The van der Waals surface area contributed by atoms with Crippen LogP contribution in [0.3, 0.4) is 0 Å². The molecule has 0 bridgehead atoms. The van der Waals surface area contributed by atoms with E-state index in [0.717, 1.165) is 5.56 Å². The van der Waals surface area contributed by atoms with Gasteiger partial charge in [-0.15, -0.1) is 0 Å². The van der Waals surface area contributed by atoms with Gasteiger partial charge in [0.05, 0.1) is 0 Å². The summed E-state index contributed by atoms with van der Waals surface area (Å²) < 4.78 is 5.67. The first kappa shape index (κ1) is 19.2. The van der Waals surface area contributed by atoms with E-state index in [1.165, 1.54) is 12.4 Å². The number of hydrazone groups is 1. The molecule has 2 aromatic heterocycles. The molecule has 3 aromatic rings. The lowest BCUT2D eigenvalue weighted by atomic mass is 10.3. The van der Waals surface area contributed by atoms with Gasteiger partial charge in [0.2, 0.25) is 0 Å². The van der Waals surface area contributed by atoms with Gasteiger partial charge in [0.25, 0.3) is 5.91 Å². The first-order valence-corrected chi connectivity index (χ1v) is 8.68. The fourth-order valence-corrected chi connectivity index (χ4v) is 2.19. The normalized spacial score (nSPS) is 11.4. The number of hydrogen-bond acceptors (Lipinski definition) is 5. The molecule has 0 saturated heterocycles. The van der Waals surface area contributed by atoms with Gasteiger partial charge in [-0.1, -0.05) is 17.7 Å². The summed E-state index contributed by atoms with van der Waals surface area (Å²) in [5, 5.41) is 4.69. The van der Waals surface area contributed by atoms with Crippen molar-refractivity contribution in [2.24, 2.45) is 10.1 Å². The van der Waals surface area contributed by atoms with Gasteiger partial charge < -0.3 is 4.74 Å². The number of ether oxygens (including phenoxy) is 1. The lowest BCUT2D eigenvalue weighted by Crippen LogP contribution is -2.21. The zero-order valence-electron chi connectivity index (χ0n) is 14.7. The molecule has 28 heavy (non-hydrogen) atoms. The minimum atomic E-state index is -0.372. The zero-order valence-corrected chi connectivity index (χ0v) is 15.5. The maximum atomic E-state index is 12.2. The van der Waals surface area contributed by atoms with Crippen LogP contribution in [0.15, 0.2) is 83.4 Å². The quantitative estimate of drug-likeness (QED) is 0.395. The molecule has 3 rings (SSSR count). The number of pyridine rings is 2. The second-order valence-electron chi connectivity index (χ2n) is 5.49. The van der Waals surface area contributed by atoms with Crippen molar-refractivity contribution >= 4 is 29.6 Å². The Morgan fingerprint density at radius 1 is 1.07 bits per heavy atom. The molecular formula is C20H16ClN5O2. The van der Waals surface area contributed by atoms with Crippen LogP contribution in [-0.4, -0.2) is 34.5 Å². The van der Waals surface area contributed by atoms with Gasteiger partial charge in [-0.2, -0.15) is 5.10 Å².